The zero-order chi connectivity index (χ0) is 13.4. The monoisotopic (exact) mass is 262 g/mol. The van der Waals surface area contributed by atoms with E-state index in [1.165, 1.54) is 6.42 Å². The van der Waals surface area contributed by atoms with Crippen LogP contribution in [0.15, 0.2) is 0 Å². The van der Waals surface area contributed by atoms with Crippen LogP contribution in [0.1, 0.15) is 54.4 Å². The summed E-state index contributed by atoms with van der Waals surface area (Å²) in [4.78, 5) is 6.99. The molecule has 0 saturated carbocycles. The van der Waals surface area contributed by atoms with Crippen LogP contribution in [0, 0.1) is 0 Å². The largest absolute Gasteiger partial charge is 0.517 e. The molecule has 0 saturated heterocycles. The SMILES string of the molecule is CCCCN[Si](NC(C)(C)C)(OCC)OCC. The minimum absolute atomic E-state index is 0.0181. The van der Waals surface area contributed by atoms with E-state index in [0.717, 1.165) is 13.0 Å². The third-order valence-electron chi connectivity index (χ3n) is 2.12. The summed E-state index contributed by atoms with van der Waals surface area (Å²) in [6.45, 7) is 14.9. The van der Waals surface area contributed by atoms with E-state index in [1.54, 1.807) is 0 Å². The van der Waals surface area contributed by atoms with E-state index in [4.69, 9.17) is 8.85 Å². The average molecular weight is 262 g/mol. The third kappa shape index (κ3) is 7.89. The molecule has 5 heteroatoms. The highest BCUT2D eigenvalue weighted by molar-refractivity contribution is 6.62. The summed E-state index contributed by atoms with van der Waals surface area (Å²) in [5, 5.41) is 0. The van der Waals surface area contributed by atoms with Crippen molar-refractivity contribution in [3.8, 4) is 0 Å². The Morgan fingerprint density at radius 1 is 1.00 bits per heavy atom. The van der Waals surface area contributed by atoms with Crippen LogP contribution in [0.25, 0.3) is 0 Å². The summed E-state index contributed by atoms with van der Waals surface area (Å²) < 4.78 is 11.8. The maximum Gasteiger partial charge on any atom is 0.517 e. The van der Waals surface area contributed by atoms with E-state index in [-0.39, 0.29) is 5.54 Å². The van der Waals surface area contributed by atoms with Crippen molar-refractivity contribution in [1.82, 2.24) is 9.96 Å². The van der Waals surface area contributed by atoms with Gasteiger partial charge in [-0.1, -0.05) is 13.3 Å². The van der Waals surface area contributed by atoms with Gasteiger partial charge in [0.15, 0.2) is 0 Å². The van der Waals surface area contributed by atoms with E-state index in [1.807, 2.05) is 13.8 Å². The van der Waals surface area contributed by atoms with Gasteiger partial charge in [-0.3, -0.25) is 9.96 Å². The van der Waals surface area contributed by atoms with Crippen LogP contribution in [0.5, 0.6) is 0 Å². The molecule has 2 N–H and O–H groups in total. The van der Waals surface area contributed by atoms with Gasteiger partial charge in [0, 0.05) is 18.8 Å². The third-order valence-corrected chi connectivity index (χ3v) is 5.31. The van der Waals surface area contributed by atoms with Crippen molar-refractivity contribution in [1.29, 1.82) is 0 Å². The normalized spacial score (nSPS) is 13.1. The summed E-state index contributed by atoms with van der Waals surface area (Å²) in [5.74, 6) is 0. The number of hydrogen-bond acceptors (Lipinski definition) is 4. The molecule has 0 bridgehead atoms. The second-order valence-electron chi connectivity index (χ2n) is 5.14. The zero-order valence-corrected chi connectivity index (χ0v) is 13.4. The van der Waals surface area contributed by atoms with Crippen LogP contribution < -0.4 is 9.96 Å². The summed E-state index contributed by atoms with van der Waals surface area (Å²) >= 11 is 0. The molecular formula is C12H30N2O2Si. The molecule has 0 heterocycles. The molecule has 0 aromatic rings. The zero-order valence-electron chi connectivity index (χ0n) is 12.4. The standard InChI is InChI=1S/C12H30N2O2Si/c1-7-10-11-13-17(15-8-2,16-9-3)14-12(4,5)6/h13-14H,7-11H2,1-6H3. The smallest absolute Gasteiger partial charge is 0.371 e. The fourth-order valence-electron chi connectivity index (χ4n) is 1.59. The maximum atomic E-state index is 5.89. The molecule has 0 atom stereocenters. The first-order chi connectivity index (χ1) is 7.89. The number of unbranched alkanes of at least 4 members (excludes halogenated alkanes) is 1. The van der Waals surface area contributed by atoms with Crippen molar-refractivity contribution in [2.45, 2.75) is 59.9 Å². The Kier molecular flexibility index (Phi) is 8.24. The van der Waals surface area contributed by atoms with Gasteiger partial charge < -0.3 is 8.85 Å². The Morgan fingerprint density at radius 3 is 1.88 bits per heavy atom. The maximum absolute atomic E-state index is 5.89. The Morgan fingerprint density at radius 2 is 1.53 bits per heavy atom. The minimum atomic E-state index is -2.47. The van der Waals surface area contributed by atoms with E-state index >= 15 is 0 Å². The molecular weight excluding hydrogens is 232 g/mol. The van der Waals surface area contributed by atoms with Crippen LogP contribution in [-0.4, -0.2) is 34.2 Å². The fraction of sp³-hybridized carbons (Fsp3) is 1.00. The van der Waals surface area contributed by atoms with Crippen molar-refractivity contribution in [2.24, 2.45) is 0 Å². The molecule has 0 aliphatic carbocycles. The number of rotatable bonds is 9. The van der Waals surface area contributed by atoms with Gasteiger partial charge >= 0.3 is 8.88 Å². The molecule has 0 radical (unpaired) electrons. The Hall–Kier alpha value is 0.0569. The topological polar surface area (TPSA) is 42.5 Å². The molecule has 104 valence electrons. The fourth-order valence-corrected chi connectivity index (χ4v) is 4.42. The van der Waals surface area contributed by atoms with Gasteiger partial charge in [0.25, 0.3) is 0 Å². The predicted octanol–water partition coefficient (Wildman–Crippen LogP) is 2.27. The van der Waals surface area contributed by atoms with E-state index in [2.05, 4.69) is 37.7 Å². The molecule has 0 aliphatic heterocycles. The van der Waals surface area contributed by atoms with Crippen LogP contribution in [0.4, 0.5) is 0 Å². The Bertz CT molecular complexity index is 189. The number of hydrogen-bond donors (Lipinski definition) is 2. The van der Waals surface area contributed by atoms with Gasteiger partial charge in [-0.15, -0.1) is 0 Å². The van der Waals surface area contributed by atoms with Gasteiger partial charge in [0.05, 0.1) is 0 Å². The highest BCUT2D eigenvalue weighted by atomic mass is 28.4. The van der Waals surface area contributed by atoms with E-state index in [9.17, 15) is 0 Å². The van der Waals surface area contributed by atoms with Crippen molar-refractivity contribution in [2.75, 3.05) is 19.8 Å². The van der Waals surface area contributed by atoms with Gasteiger partial charge in [0.2, 0.25) is 0 Å². The van der Waals surface area contributed by atoms with Gasteiger partial charge in [-0.2, -0.15) is 0 Å². The molecule has 0 aromatic carbocycles. The summed E-state index contributed by atoms with van der Waals surface area (Å²) in [5.41, 5.74) is -0.0181. The lowest BCUT2D eigenvalue weighted by Gasteiger charge is -2.36. The lowest BCUT2D eigenvalue weighted by atomic mass is 10.1. The highest BCUT2D eigenvalue weighted by Gasteiger charge is 2.41. The Labute approximate surface area is 108 Å². The second kappa shape index (κ2) is 8.21. The van der Waals surface area contributed by atoms with Crippen molar-refractivity contribution in [3.63, 3.8) is 0 Å². The molecule has 0 aromatic heterocycles. The van der Waals surface area contributed by atoms with Crippen molar-refractivity contribution in [3.05, 3.63) is 0 Å². The summed E-state index contributed by atoms with van der Waals surface area (Å²) in [6, 6.07) is 0. The molecule has 17 heavy (non-hydrogen) atoms. The van der Waals surface area contributed by atoms with Gasteiger partial charge in [-0.25, -0.2) is 0 Å². The van der Waals surface area contributed by atoms with E-state index in [0.29, 0.717) is 13.2 Å². The first-order valence-corrected chi connectivity index (χ1v) is 8.53. The van der Waals surface area contributed by atoms with E-state index < -0.39 is 8.88 Å². The highest BCUT2D eigenvalue weighted by Crippen LogP contribution is 2.08. The summed E-state index contributed by atoms with van der Waals surface area (Å²) in [6.07, 6.45) is 2.31. The lowest BCUT2D eigenvalue weighted by Crippen LogP contribution is -2.71. The molecule has 0 unspecified atom stereocenters. The summed E-state index contributed by atoms with van der Waals surface area (Å²) in [7, 11) is -2.47. The molecule has 4 nitrogen and oxygen atoms in total. The lowest BCUT2D eigenvalue weighted by molar-refractivity contribution is 0.148. The van der Waals surface area contributed by atoms with Gasteiger partial charge in [-0.05, 0) is 47.6 Å². The average Bonchev–Trinajstić information content (AvgIpc) is 2.16. The van der Waals surface area contributed by atoms with Crippen molar-refractivity contribution >= 4 is 8.88 Å². The van der Waals surface area contributed by atoms with Crippen LogP contribution in [0.2, 0.25) is 0 Å². The van der Waals surface area contributed by atoms with Crippen molar-refractivity contribution < 1.29 is 8.85 Å². The number of nitrogens with one attached hydrogen (secondary N) is 2. The molecule has 0 fully saturated rings. The Balaban J connectivity index is 4.59. The minimum Gasteiger partial charge on any atom is -0.371 e. The van der Waals surface area contributed by atoms with Crippen LogP contribution in [-0.2, 0) is 8.85 Å². The van der Waals surface area contributed by atoms with Crippen LogP contribution in [0.3, 0.4) is 0 Å². The quantitative estimate of drug-likeness (QED) is 0.494. The second-order valence-corrected chi connectivity index (χ2v) is 7.55. The molecule has 0 amide bonds. The molecule has 0 aliphatic rings. The van der Waals surface area contributed by atoms with Crippen LogP contribution >= 0.6 is 0 Å². The first-order valence-electron chi connectivity index (χ1n) is 6.71. The molecule has 0 rings (SSSR count). The molecule has 0 spiro atoms. The first kappa shape index (κ1) is 17.1. The predicted molar refractivity (Wildman–Crippen MR) is 74.8 cm³/mol. The van der Waals surface area contributed by atoms with Gasteiger partial charge in [0.1, 0.15) is 0 Å².